The van der Waals surface area contributed by atoms with Crippen molar-refractivity contribution in [3.63, 3.8) is 0 Å². The number of methoxy groups -OCH3 is 1. The van der Waals surface area contributed by atoms with Gasteiger partial charge in [-0.15, -0.1) is 0 Å². The number of hydrogen-bond acceptors (Lipinski definition) is 5. The molecule has 6 heteroatoms. The molecular formula is C15H17N3O3. The zero-order valence-corrected chi connectivity index (χ0v) is 11.9. The summed E-state index contributed by atoms with van der Waals surface area (Å²) < 4.78 is 5.19. The highest BCUT2D eigenvalue weighted by atomic mass is 16.5. The molecule has 110 valence electrons. The lowest BCUT2D eigenvalue weighted by molar-refractivity contribution is 0.0690. The molecule has 0 aliphatic carbocycles. The summed E-state index contributed by atoms with van der Waals surface area (Å²) in [6, 6.07) is 7.99. The normalized spacial score (nSPS) is 11.7. The van der Waals surface area contributed by atoms with E-state index in [1.165, 1.54) is 12.4 Å². The Labute approximate surface area is 122 Å². The number of carboxylic acids is 1. The minimum atomic E-state index is -1.08. The second kappa shape index (κ2) is 6.69. The summed E-state index contributed by atoms with van der Waals surface area (Å²) in [5.74, 6) is 0.291. The van der Waals surface area contributed by atoms with Gasteiger partial charge < -0.3 is 15.2 Å². The van der Waals surface area contributed by atoms with Crippen molar-refractivity contribution in [3.8, 4) is 5.75 Å². The van der Waals surface area contributed by atoms with Crippen LogP contribution >= 0.6 is 0 Å². The first-order valence-electron chi connectivity index (χ1n) is 6.53. The molecule has 0 bridgehead atoms. The molecule has 0 spiro atoms. The monoisotopic (exact) mass is 287 g/mol. The molecule has 0 amide bonds. The van der Waals surface area contributed by atoms with Crippen LogP contribution in [0.4, 0.5) is 5.82 Å². The molecule has 1 aromatic heterocycles. The molecule has 2 rings (SSSR count). The van der Waals surface area contributed by atoms with Crippen LogP contribution in [-0.4, -0.2) is 34.2 Å². The lowest BCUT2D eigenvalue weighted by Gasteiger charge is -2.14. The number of aromatic carboxylic acids is 1. The second-order valence-electron chi connectivity index (χ2n) is 4.69. The van der Waals surface area contributed by atoms with Gasteiger partial charge in [0.05, 0.1) is 19.5 Å². The van der Waals surface area contributed by atoms with Crippen molar-refractivity contribution in [1.29, 1.82) is 0 Å². The maximum atomic E-state index is 10.7. The topological polar surface area (TPSA) is 84.3 Å². The third-order valence-corrected chi connectivity index (χ3v) is 2.94. The van der Waals surface area contributed by atoms with Crippen LogP contribution in [0, 0.1) is 0 Å². The fourth-order valence-corrected chi connectivity index (χ4v) is 1.97. The third kappa shape index (κ3) is 4.17. The highest BCUT2D eigenvalue weighted by molar-refractivity contribution is 5.84. The number of nitrogens with zero attached hydrogens (tertiary/aromatic N) is 2. The fourth-order valence-electron chi connectivity index (χ4n) is 1.97. The van der Waals surface area contributed by atoms with Gasteiger partial charge in [0.25, 0.3) is 0 Å². The molecular weight excluding hydrogens is 270 g/mol. The minimum absolute atomic E-state index is 0.0685. The SMILES string of the molecule is COc1cccc(CC(C)Nc2cnc(C(=O)O)cn2)c1. The molecule has 1 atom stereocenters. The van der Waals surface area contributed by atoms with E-state index >= 15 is 0 Å². The van der Waals surface area contributed by atoms with Crippen LogP contribution in [0.3, 0.4) is 0 Å². The van der Waals surface area contributed by atoms with Crippen molar-refractivity contribution in [1.82, 2.24) is 9.97 Å². The Morgan fingerprint density at radius 3 is 2.81 bits per heavy atom. The van der Waals surface area contributed by atoms with Crippen molar-refractivity contribution >= 4 is 11.8 Å². The van der Waals surface area contributed by atoms with Crippen LogP contribution in [0.1, 0.15) is 23.0 Å². The Kier molecular flexibility index (Phi) is 4.71. The van der Waals surface area contributed by atoms with Crippen LogP contribution < -0.4 is 10.1 Å². The highest BCUT2D eigenvalue weighted by Gasteiger charge is 2.08. The number of aromatic nitrogens is 2. The zero-order chi connectivity index (χ0) is 15.2. The molecule has 0 aliphatic heterocycles. The predicted molar refractivity (Wildman–Crippen MR) is 78.8 cm³/mol. The maximum absolute atomic E-state index is 10.7. The number of carboxylic acid groups (broad SMARTS) is 1. The quantitative estimate of drug-likeness (QED) is 0.847. The van der Waals surface area contributed by atoms with Crippen LogP contribution in [0.15, 0.2) is 36.7 Å². The largest absolute Gasteiger partial charge is 0.497 e. The standard InChI is InChI=1S/C15H17N3O3/c1-10(6-11-4-3-5-12(7-11)21-2)18-14-9-16-13(8-17-14)15(19)20/h3-5,7-10H,6H2,1-2H3,(H,17,18)(H,19,20). The summed E-state index contributed by atoms with van der Waals surface area (Å²) >= 11 is 0. The summed E-state index contributed by atoms with van der Waals surface area (Å²) in [7, 11) is 1.64. The fraction of sp³-hybridized carbons (Fsp3) is 0.267. The second-order valence-corrected chi connectivity index (χ2v) is 4.69. The van der Waals surface area contributed by atoms with Crippen LogP contribution in [0.25, 0.3) is 0 Å². The number of carbonyl (C=O) groups is 1. The average Bonchev–Trinajstić information content (AvgIpc) is 2.47. The molecule has 0 saturated carbocycles. The molecule has 0 radical (unpaired) electrons. The minimum Gasteiger partial charge on any atom is -0.497 e. The van der Waals surface area contributed by atoms with Crippen molar-refractivity contribution < 1.29 is 14.6 Å². The number of rotatable bonds is 6. The van der Waals surface area contributed by atoms with E-state index in [1.54, 1.807) is 7.11 Å². The number of ether oxygens (including phenoxy) is 1. The van der Waals surface area contributed by atoms with Gasteiger partial charge >= 0.3 is 5.97 Å². The summed E-state index contributed by atoms with van der Waals surface area (Å²) in [4.78, 5) is 18.6. The molecule has 0 fully saturated rings. The van der Waals surface area contributed by atoms with Crippen molar-refractivity contribution in [2.45, 2.75) is 19.4 Å². The van der Waals surface area contributed by atoms with Crippen LogP contribution in [-0.2, 0) is 6.42 Å². The van der Waals surface area contributed by atoms with Crippen molar-refractivity contribution in [2.75, 3.05) is 12.4 Å². The zero-order valence-electron chi connectivity index (χ0n) is 11.9. The molecule has 0 aliphatic rings. The predicted octanol–water partition coefficient (Wildman–Crippen LogP) is 2.23. The number of anilines is 1. The van der Waals surface area contributed by atoms with Crippen LogP contribution in [0.5, 0.6) is 5.75 Å². The third-order valence-electron chi connectivity index (χ3n) is 2.94. The number of hydrogen-bond donors (Lipinski definition) is 2. The van der Waals surface area contributed by atoms with E-state index in [4.69, 9.17) is 9.84 Å². The summed E-state index contributed by atoms with van der Waals surface area (Å²) in [6.07, 6.45) is 3.45. The van der Waals surface area contributed by atoms with Gasteiger partial charge in [0, 0.05) is 6.04 Å². The number of nitrogens with one attached hydrogen (secondary N) is 1. The first kappa shape index (κ1) is 14.8. The van der Waals surface area contributed by atoms with Gasteiger partial charge in [-0.3, -0.25) is 0 Å². The maximum Gasteiger partial charge on any atom is 0.356 e. The average molecular weight is 287 g/mol. The van der Waals surface area contributed by atoms with Gasteiger partial charge in [0.1, 0.15) is 11.6 Å². The van der Waals surface area contributed by atoms with E-state index < -0.39 is 5.97 Å². The van der Waals surface area contributed by atoms with E-state index in [0.717, 1.165) is 17.7 Å². The first-order valence-corrected chi connectivity index (χ1v) is 6.53. The molecule has 2 aromatic rings. The van der Waals surface area contributed by atoms with E-state index in [1.807, 2.05) is 31.2 Å². The number of benzene rings is 1. The van der Waals surface area contributed by atoms with E-state index in [-0.39, 0.29) is 11.7 Å². The van der Waals surface area contributed by atoms with Crippen molar-refractivity contribution in [2.24, 2.45) is 0 Å². The molecule has 0 saturated heterocycles. The summed E-state index contributed by atoms with van der Waals surface area (Å²) in [6.45, 7) is 2.02. The van der Waals surface area contributed by atoms with Gasteiger partial charge in [-0.05, 0) is 31.0 Å². The lowest BCUT2D eigenvalue weighted by atomic mass is 10.1. The smallest absolute Gasteiger partial charge is 0.356 e. The molecule has 6 nitrogen and oxygen atoms in total. The van der Waals surface area contributed by atoms with Gasteiger partial charge in [-0.2, -0.15) is 0 Å². The molecule has 1 unspecified atom stereocenters. The highest BCUT2D eigenvalue weighted by Crippen LogP contribution is 2.15. The van der Waals surface area contributed by atoms with Crippen molar-refractivity contribution in [3.05, 3.63) is 47.9 Å². The van der Waals surface area contributed by atoms with E-state index in [2.05, 4.69) is 15.3 Å². The lowest BCUT2D eigenvalue weighted by Crippen LogP contribution is -2.19. The summed E-state index contributed by atoms with van der Waals surface area (Å²) in [5.41, 5.74) is 1.07. The van der Waals surface area contributed by atoms with Gasteiger partial charge in [-0.1, -0.05) is 12.1 Å². The van der Waals surface area contributed by atoms with E-state index in [0.29, 0.717) is 5.82 Å². The Morgan fingerprint density at radius 2 is 2.19 bits per heavy atom. The van der Waals surface area contributed by atoms with E-state index in [9.17, 15) is 4.79 Å². The van der Waals surface area contributed by atoms with Crippen LogP contribution in [0.2, 0.25) is 0 Å². The Morgan fingerprint density at radius 1 is 1.38 bits per heavy atom. The Balaban J connectivity index is 1.97. The summed E-state index contributed by atoms with van der Waals surface area (Å²) in [5, 5.41) is 12.0. The molecule has 2 N–H and O–H groups in total. The van der Waals surface area contributed by atoms with Gasteiger partial charge in [-0.25, -0.2) is 14.8 Å². The van der Waals surface area contributed by atoms with Gasteiger partial charge in [0.15, 0.2) is 5.69 Å². The molecule has 1 aromatic carbocycles. The Bertz CT molecular complexity index is 614. The first-order chi connectivity index (χ1) is 10.1. The van der Waals surface area contributed by atoms with Gasteiger partial charge in [0.2, 0.25) is 0 Å². The Hall–Kier alpha value is -2.63. The molecule has 1 heterocycles. The molecule has 21 heavy (non-hydrogen) atoms.